The average molecular weight is 120 g/mol. The Morgan fingerprint density at radius 3 is 2.67 bits per heavy atom. The van der Waals surface area contributed by atoms with E-state index >= 15 is 0 Å². The minimum Gasteiger partial charge on any atom is -0.165 e. The lowest BCUT2D eigenvalue weighted by Crippen LogP contribution is -1.73. The Balaban J connectivity index is 2.49. The Morgan fingerprint density at radius 2 is 2.50 bits per heavy atom. The summed E-state index contributed by atoms with van der Waals surface area (Å²) in [6.07, 6.45) is 3.15. The molecule has 0 aliphatic heterocycles. The van der Waals surface area contributed by atoms with Crippen molar-refractivity contribution >= 4 is 29.3 Å². The van der Waals surface area contributed by atoms with Gasteiger partial charge in [0.05, 0.1) is 0 Å². The van der Waals surface area contributed by atoms with Gasteiger partial charge in [0.1, 0.15) is 0 Å². The molecule has 0 saturated heterocycles. The molecule has 0 amide bonds. The van der Waals surface area contributed by atoms with Crippen molar-refractivity contribution in [3.05, 3.63) is 0 Å². The monoisotopic (exact) mass is 120 g/mol. The SMILES string of the molecule is CSCCC=S. The number of thioether (sulfide) groups is 1. The van der Waals surface area contributed by atoms with Crippen LogP contribution in [0.1, 0.15) is 6.42 Å². The number of hydrogen-bond donors (Lipinski definition) is 0. The van der Waals surface area contributed by atoms with Crippen molar-refractivity contribution in [2.24, 2.45) is 0 Å². The van der Waals surface area contributed by atoms with Crippen molar-refractivity contribution in [2.45, 2.75) is 6.42 Å². The van der Waals surface area contributed by atoms with Gasteiger partial charge in [0.15, 0.2) is 0 Å². The zero-order valence-electron chi connectivity index (χ0n) is 3.81. The number of hydrogen-bond acceptors (Lipinski definition) is 2. The summed E-state index contributed by atoms with van der Waals surface area (Å²) < 4.78 is 0. The Hall–Kier alpha value is 0.440. The van der Waals surface area contributed by atoms with Gasteiger partial charge in [-0.15, -0.1) is 0 Å². The third-order valence-corrected chi connectivity index (χ3v) is 1.32. The summed E-state index contributed by atoms with van der Waals surface area (Å²) in [6.45, 7) is 0. The second-order valence-corrected chi connectivity index (χ2v) is 2.27. The van der Waals surface area contributed by atoms with E-state index in [9.17, 15) is 0 Å². The van der Waals surface area contributed by atoms with E-state index in [1.165, 1.54) is 5.75 Å². The third-order valence-electron chi connectivity index (χ3n) is 0.440. The first-order valence-electron chi connectivity index (χ1n) is 1.84. The lowest BCUT2D eigenvalue weighted by atomic mass is 10.6. The van der Waals surface area contributed by atoms with Gasteiger partial charge in [-0.25, -0.2) is 0 Å². The molecule has 0 rings (SSSR count). The molecule has 0 spiro atoms. The Kier molecular flexibility index (Phi) is 5.84. The van der Waals surface area contributed by atoms with E-state index < -0.39 is 0 Å². The van der Waals surface area contributed by atoms with Gasteiger partial charge in [-0.3, -0.25) is 0 Å². The summed E-state index contributed by atoms with van der Waals surface area (Å²) >= 11 is 6.41. The molecule has 0 aliphatic rings. The molecule has 0 bridgehead atoms. The van der Waals surface area contributed by atoms with Crippen molar-refractivity contribution < 1.29 is 0 Å². The van der Waals surface area contributed by atoms with Gasteiger partial charge in [-0.05, 0) is 23.8 Å². The molecule has 0 N–H and O–H groups in total. The highest BCUT2D eigenvalue weighted by Gasteiger charge is 1.72. The van der Waals surface area contributed by atoms with Gasteiger partial charge in [0, 0.05) is 0 Å². The second kappa shape index (κ2) is 5.44. The standard InChI is InChI=1S/C4H8S2/c1-6-4-2-3-5/h3H,2,4H2,1H3. The fourth-order valence-corrected chi connectivity index (χ4v) is 0.787. The molecular weight excluding hydrogens is 112 g/mol. The smallest absolute Gasteiger partial charge is 0.00275 e. The second-order valence-electron chi connectivity index (χ2n) is 0.948. The van der Waals surface area contributed by atoms with E-state index in [0.717, 1.165) is 6.42 Å². The van der Waals surface area contributed by atoms with Crippen LogP contribution in [0.3, 0.4) is 0 Å². The van der Waals surface area contributed by atoms with Gasteiger partial charge in [-0.1, -0.05) is 12.2 Å². The zero-order valence-corrected chi connectivity index (χ0v) is 5.44. The molecule has 0 heterocycles. The van der Waals surface area contributed by atoms with Crippen LogP contribution in [0.2, 0.25) is 0 Å². The zero-order chi connectivity index (χ0) is 4.83. The lowest BCUT2D eigenvalue weighted by molar-refractivity contribution is 1.38. The highest BCUT2D eigenvalue weighted by Crippen LogP contribution is 1.91. The molecule has 6 heavy (non-hydrogen) atoms. The first-order valence-corrected chi connectivity index (χ1v) is 3.71. The number of rotatable bonds is 3. The van der Waals surface area contributed by atoms with Crippen LogP contribution in [-0.4, -0.2) is 17.4 Å². The maximum absolute atomic E-state index is 4.58. The Morgan fingerprint density at radius 1 is 1.83 bits per heavy atom. The third kappa shape index (κ3) is 4.44. The van der Waals surface area contributed by atoms with Crippen LogP contribution in [0.4, 0.5) is 0 Å². The van der Waals surface area contributed by atoms with Gasteiger partial charge in [-0.2, -0.15) is 11.8 Å². The molecule has 0 atom stereocenters. The van der Waals surface area contributed by atoms with Crippen molar-refractivity contribution in [1.29, 1.82) is 0 Å². The molecule has 0 radical (unpaired) electrons. The van der Waals surface area contributed by atoms with E-state index in [1.54, 1.807) is 5.37 Å². The summed E-state index contributed by atoms with van der Waals surface area (Å²) in [7, 11) is 0. The summed E-state index contributed by atoms with van der Waals surface area (Å²) in [5.74, 6) is 1.17. The van der Waals surface area contributed by atoms with Crippen LogP contribution < -0.4 is 0 Å². The van der Waals surface area contributed by atoms with Crippen molar-refractivity contribution in [2.75, 3.05) is 12.0 Å². The van der Waals surface area contributed by atoms with E-state index in [2.05, 4.69) is 18.5 Å². The molecule has 0 aliphatic carbocycles. The maximum Gasteiger partial charge on any atom is -0.00275 e. The Bertz CT molecular complexity index is 34.5. The topological polar surface area (TPSA) is 0 Å². The molecule has 0 nitrogen and oxygen atoms in total. The van der Waals surface area contributed by atoms with Crippen LogP contribution in [0, 0.1) is 0 Å². The molecular formula is C4H8S2. The van der Waals surface area contributed by atoms with E-state index in [0.29, 0.717) is 0 Å². The minimum absolute atomic E-state index is 1.07. The first-order chi connectivity index (χ1) is 2.91. The van der Waals surface area contributed by atoms with Crippen molar-refractivity contribution in [1.82, 2.24) is 0 Å². The van der Waals surface area contributed by atoms with Crippen LogP contribution in [0.5, 0.6) is 0 Å². The molecule has 0 fully saturated rings. The fraction of sp³-hybridized carbons (Fsp3) is 0.750. The summed E-state index contributed by atoms with van der Waals surface area (Å²) in [4.78, 5) is 0. The van der Waals surface area contributed by atoms with Crippen molar-refractivity contribution in [3.8, 4) is 0 Å². The molecule has 2 heteroatoms. The molecule has 0 saturated carbocycles. The normalized spacial score (nSPS) is 8.17. The van der Waals surface area contributed by atoms with Crippen molar-refractivity contribution in [3.63, 3.8) is 0 Å². The number of thiocarbonyl (C=S) groups is 1. The highest BCUT2D eigenvalue weighted by atomic mass is 32.2. The molecule has 0 aromatic carbocycles. The average Bonchev–Trinajstić information content (AvgIpc) is 1.61. The molecule has 0 aromatic heterocycles. The molecule has 0 aromatic rings. The van der Waals surface area contributed by atoms with Crippen LogP contribution >= 0.6 is 24.0 Å². The largest absolute Gasteiger partial charge is 0.165 e. The van der Waals surface area contributed by atoms with E-state index in [4.69, 9.17) is 0 Å². The summed E-state index contributed by atoms with van der Waals surface area (Å²) in [5.41, 5.74) is 0. The van der Waals surface area contributed by atoms with E-state index in [1.807, 2.05) is 11.8 Å². The van der Waals surface area contributed by atoms with Gasteiger partial charge in [0.2, 0.25) is 0 Å². The van der Waals surface area contributed by atoms with Gasteiger partial charge < -0.3 is 0 Å². The molecule has 0 unspecified atom stereocenters. The van der Waals surface area contributed by atoms with Crippen LogP contribution in [0.15, 0.2) is 0 Å². The van der Waals surface area contributed by atoms with E-state index in [-0.39, 0.29) is 0 Å². The summed E-state index contributed by atoms with van der Waals surface area (Å²) in [5, 5.41) is 1.77. The predicted molar refractivity (Wildman–Crippen MR) is 36.7 cm³/mol. The Labute approximate surface area is 48.3 Å². The predicted octanol–water partition coefficient (Wildman–Crippen LogP) is 1.74. The minimum atomic E-state index is 1.07. The van der Waals surface area contributed by atoms with Crippen LogP contribution in [-0.2, 0) is 0 Å². The van der Waals surface area contributed by atoms with Gasteiger partial charge in [0.25, 0.3) is 0 Å². The molecule has 36 valence electrons. The summed E-state index contributed by atoms with van der Waals surface area (Å²) in [6, 6.07) is 0. The quantitative estimate of drug-likeness (QED) is 0.411. The first kappa shape index (κ1) is 6.44. The van der Waals surface area contributed by atoms with Crippen LogP contribution in [0.25, 0.3) is 0 Å². The highest BCUT2D eigenvalue weighted by molar-refractivity contribution is 7.98. The maximum atomic E-state index is 4.58. The van der Waals surface area contributed by atoms with Gasteiger partial charge >= 0.3 is 0 Å². The lowest BCUT2D eigenvalue weighted by Gasteiger charge is -1.81. The fourth-order valence-electron chi connectivity index (χ4n) is 0.166.